The van der Waals surface area contributed by atoms with Gasteiger partial charge in [-0.2, -0.15) is 0 Å². The summed E-state index contributed by atoms with van der Waals surface area (Å²) in [5.41, 5.74) is 0. The third-order valence-corrected chi connectivity index (χ3v) is 5.64. The Balaban J connectivity index is 2.70. The molecule has 0 aliphatic carbocycles. The van der Waals surface area contributed by atoms with Gasteiger partial charge in [0.25, 0.3) is 8.53 Å². The Hall–Kier alpha value is 0.110. The number of methoxy groups -OCH3 is 1. The van der Waals surface area contributed by atoms with Crippen LogP contribution in [0, 0.1) is 0 Å². The molecular weight excluding hydrogens is 325 g/mol. The molecule has 1 heterocycles. The van der Waals surface area contributed by atoms with Crippen LogP contribution in [0.3, 0.4) is 0 Å². The fourth-order valence-electron chi connectivity index (χ4n) is 2.57. The molecule has 1 aliphatic heterocycles. The van der Waals surface area contributed by atoms with E-state index in [2.05, 4.69) is 4.67 Å². The first-order valence-corrected chi connectivity index (χ1v) is 8.85. The molecular formula is C14H30NO7P. The Morgan fingerprint density at radius 2 is 1.57 bits per heavy atom. The molecule has 0 amide bonds. The predicted molar refractivity (Wildman–Crippen MR) is 85.7 cm³/mol. The lowest BCUT2D eigenvalue weighted by atomic mass is 9.99. The number of hydrogen-bond donors (Lipinski definition) is 3. The van der Waals surface area contributed by atoms with Gasteiger partial charge in [-0.3, -0.25) is 0 Å². The Morgan fingerprint density at radius 3 is 2.00 bits per heavy atom. The van der Waals surface area contributed by atoms with E-state index in [1.54, 1.807) is 7.11 Å². The molecule has 1 saturated heterocycles. The first kappa shape index (κ1) is 21.2. The molecule has 9 heteroatoms. The fourth-order valence-corrected chi connectivity index (χ4v) is 4.03. The highest BCUT2D eigenvalue weighted by Gasteiger charge is 2.44. The zero-order valence-electron chi connectivity index (χ0n) is 14.6. The van der Waals surface area contributed by atoms with Crippen molar-refractivity contribution in [2.75, 3.05) is 20.8 Å². The Bertz CT molecular complexity index is 337. The van der Waals surface area contributed by atoms with Crippen LogP contribution < -0.4 is 0 Å². The van der Waals surface area contributed by atoms with Gasteiger partial charge in [0.15, 0.2) is 6.29 Å². The van der Waals surface area contributed by atoms with Crippen LogP contribution in [0.1, 0.15) is 27.7 Å². The van der Waals surface area contributed by atoms with E-state index in [1.807, 2.05) is 27.7 Å². The van der Waals surface area contributed by atoms with Crippen molar-refractivity contribution in [2.24, 2.45) is 0 Å². The monoisotopic (exact) mass is 355 g/mol. The number of hydrogen-bond acceptors (Lipinski definition) is 8. The zero-order chi connectivity index (χ0) is 17.7. The predicted octanol–water partition coefficient (Wildman–Crippen LogP) is 0.449. The number of aliphatic hydroxyl groups excluding tert-OH is 3. The van der Waals surface area contributed by atoms with Crippen LogP contribution in [-0.4, -0.2) is 83.6 Å². The molecule has 1 rings (SSSR count). The number of aliphatic hydroxyl groups is 3. The van der Waals surface area contributed by atoms with Gasteiger partial charge in [0.1, 0.15) is 24.4 Å². The summed E-state index contributed by atoms with van der Waals surface area (Å²) in [6.07, 6.45) is -5.77. The largest absolute Gasteiger partial charge is 0.387 e. The molecule has 0 aromatic rings. The second-order valence-corrected chi connectivity index (χ2v) is 7.59. The van der Waals surface area contributed by atoms with Gasteiger partial charge in [-0.1, -0.05) is 0 Å². The minimum atomic E-state index is -1.36. The van der Waals surface area contributed by atoms with E-state index in [0.717, 1.165) is 0 Å². The maximum absolute atomic E-state index is 10.0. The molecule has 1 aliphatic rings. The van der Waals surface area contributed by atoms with Crippen LogP contribution in [0.25, 0.3) is 0 Å². The quantitative estimate of drug-likeness (QED) is 0.540. The van der Waals surface area contributed by atoms with Crippen LogP contribution in [0.2, 0.25) is 0 Å². The second kappa shape index (κ2) is 9.56. The molecule has 0 radical (unpaired) electrons. The lowest BCUT2D eigenvalue weighted by Crippen LogP contribution is -2.59. The maximum Gasteiger partial charge on any atom is 0.259 e. The highest BCUT2D eigenvalue weighted by atomic mass is 31.2. The third-order valence-electron chi connectivity index (χ3n) is 3.65. The van der Waals surface area contributed by atoms with Crippen molar-refractivity contribution in [3.63, 3.8) is 0 Å². The Labute approximate surface area is 139 Å². The average molecular weight is 355 g/mol. The summed E-state index contributed by atoms with van der Waals surface area (Å²) in [6.45, 7) is 8.20. The van der Waals surface area contributed by atoms with Gasteiger partial charge in [-0.15, -0.1) is 0 Å². The van der Waals surface area contributed by atoms with E-state index in [4.69, 9.17) is 18.5 Å². The SMILES string of the molecule is CO[C@H]1O[C@H](COP(OC)N(C(C)C)C(C)C)[C@H](O)[C@H](O)[C@H]1O. The third kappa shape index (κ3) is 5.29. The van der Waals surface area contributed by atoms with Crippen molar-refractivity contribution in [2.45, 2.75) is 70.5 Å². The van der Waals surface area contributed by atoms with E-state index in [0.29, 0.717) is 0 Å². The molecule has 1 fully saturated rings. The van der Waals surface area contributed by atoms with Gasteiger partial charge < -0.3 is 33.8 Å². The normalized spacial score (nSPS) is 33.7. The van der Waals surface area contributed by atoms with E-state index < -0.39 is 39.2 Å². The van der Waals surface area contributed by atoms with E-state index in [1.165, 1.54) is 7.11 Å². The maximum atomic E-state index is 10.0. The summed E-state index contributed by atoms with van der Waals surface area (Å²) in [5.74, 6) is 0. The lowest BCUT2D eigenvalue weighted by Gasteiger charge is -2.41. The minimum Gasteiger partial charge on any atom is -0.387 e. The van der Waals surface area contributed by atoms with Crippen LogP contribution >= 0.6 is 8.53 Å². The van der Waals surface area contributed by atoms with E-state index in [9.17, 15) is 15.3 Å². The van der Waals surface area contributed by atoms with Gasteiger partial charge in [0.05, 0.1) is 6.61 Å². The summed E-state index contributed by atoms with van der Waals surface area (Å²) in [7, 11) is 1.60. The molecule has 0 saturated carbocycles. The van der Waals surface area contributed by atoms with Crippen molar-refractivity contribution in [3.05, 3.63) is 0 Å². The van der Waals surface area contributed by atoms with Crippen LogP contribution in [-0.2, 0) is 18.5 Å². The smallest absolute Gasteiger partial charge is 0.259 e. The van der Waals surface area contributed by atoms with Crippen molar-refractivity contribution in [3.8, 4) is 0 Å². The number of ether oxygens (including phenoxy) is 2. The number of rotatable bonds is 8. The molecule has 3 N–H and O–H groups in total. The Kier molecular flexibility index (Phi) is 8.79. The molecule has 0 aromatic heterocycles. The minimum absolute atomic E-state index is 0.0142. The van der Waals surface area contributed by atoms with Gasteiger partial charge in [-0.05, 0) is 27.7 Å². The fraction of sp³-hybridized carbons (Fsp3) is 1.00. The van der Waals surface area contributed by atoms with Crippen LogP contribution in [0.4, 0.5) is 0 Å². The lowest BCUT2D eigenvalue weighted by molar-refractivity contribution is -0.293. The molecule has 1 unspecified atom stereocenters. The van der Waals surface area contributed by atoms with E-state index in [-0.39, 0.29) is 18.7 Å². The van der Waals surface area contributed by atoms with Crippen molar-refractivity contribution >= 4 is 8.53 Å². The average Bonchev–Trinajstić information content (AvgIpc) is 2.49. The molecule has 0 aromatic carbocycles. The molecule has 0 bridgehead atoms. The highest BCUT2D eigenvalue weighted by molar-refractivity contribution is 7.44. The first-order valence-electron chi connectivity index (χ1n) is 7.72. The Morgan fingerprint density at radius 1 is 1.00 bits per heavy atom. The molecule has 138 valence electrons. The van der Waals surface area contributed by atoms with Crippen molar-refractivity contribution in [1.29, 1.82) is 0 Å². The summed E-state index contributed by atoms with van der Waals surface area (Å²) in [4.78, 5) is 0. The summed E-state index contributed by atoms with van der Waals surface area (Å²) in [5, 5.41) is 29.7. The van der Waals surface area contributed by atoms with E-state index >= 15 is 0 Å². The highest BCUT2D eigenvalue weighted by Crippen LogP contribution is 2.45. The topological polar surface area (TPSA) is 101 Å². The van der Waals surface area contributed by atoms with Gasteiger partial charge in [0, 0.05) is 26.3 Å². The second-order valence-electron chi connectivity index (χ2n) is 6.03. The van der Waals surface area contributed by atoms with Crippen molar-refractivity contribution < 1.29 is 33.8 Å². The van der Waals surface area contributed by atoms with Crippen molar-refractivity contribution in [1.82, 2.24) is 4.67 Å². The van der Waals surface area contributed by atoms with Crippen LogP contribution in [0.5, 0.6) is 0 Å². The summed E-state index contributed by atoms with van der Waals surface area (Å²) in [6, 6.07) is 0.440. The van der Waals surface area contributed by atoms with Gasteiger partial charge in [0.2, 0.25) is 0 Å². The molecule has 6 atom stereocenters. The first-order chi connectivity index (χ1) is 10.7. The van der Waals surface area contributed by atoms with Gasteiger partial charge >= 0.3 is 0 Å². The van der Waals surface area contributed by atoms with Gasteiger partial charge in [-0.25, -0.2) is 4.67 Å². The zero-order valence-corrected chi connectivity index (χ0v) is 15.5. The molecule has 23 heavy (non-hydrogen) atoms. The standard InChI is InChI=1S/C14H30NO7P/c1-8(2)15(9(3)4)23(20-6)21-7-10-11(16)12(17)13(18)14(19-5)22-10/h8-14,16-18H,7H2,1-6H3/t10-,11+,12+,13-,14+,23?/m1/s1. The summed E-state index contributed by atoms with van der Waals surface area (Å²) < 4.78 is 23.8. The molecule has 8 nitrogen and oxygen atoms in total. The molecule has 0 spiro atoms. The summed E-state index contributed by atoms with van der Waals surface area (Å²) >= 11 is 0. The number of nitrogens with zero attached hydrogens (tertiary/aromatic N) is 1. The van der Waals surface area contributed by atoms with Crippen LogP contribution in [0.15, 0.2) is 0 Å².